The van der Waals surface area contributed by atoms with Crippen LogP contribution in [0.25, 0.3) is 0 Å². The molecule has 168 valence electrons. The van der Waals surface area contributed by atoms with E-state index in [0.717, 1.165) is 69.4 Å². The van der Waals surface area contributed by atoms with Gasteiger partial charge in [0.1, 0.15) is 11.9 Å². The number of carbonyl (C=O) groups is 2. The van der Waals surface area contributed by atoms with E-state index in [4.69, 9.17) is 0 Å². The summed E-state index contributed by atoms with van der Waals surface area (Å²) >= 11 is 0. The Morgan fingerprint density at radius 3 is 2.81 bits per heavy atom. The summed E-state index contributed by atoms with van der Waals surface area (Å²) in [5, 5.41) is 6.49. The highest BCUT2D eigenvalue weighted by molar-refractivity contribution is 5.88. The summed E-state index contributed by atoms with van der Waals surface area (Å²) < 4.78 is 14.2. The Morgan fingerprint density at radius 2 is 2.03 bits per heavy atom. The van der Waals surface area contributed by atoms with Crippen LogP contribution in [0.5, 0.6) is 0 Å². The molecule has 3 fully saturated rings. The number of nitrogens with one attached hydrogen (secondary N) is 2. The van der Waals surface area contributed by atoms with E-state index >= 15 is 0 Å². The highest BCUT2D eigenvalue weighted by Crippen LogP contribution is 2.32. The summed E-state index contributed by atoms with van der Waals surface area (Å²) in [6.07, 6.45) is 7.38. The van der Waals surface area contributed by atoms with Crippen LogP contribution < -0.4 is 10.6 Å². The minimum absolute atomic E-state index is 0.0254. The molecule has 5 rings (SSSR count). The third kappa shape index (κ3) is 4.04. The van der Waals surface area contributed by atoms with Gasteiger partial charge >= 0.3 is 0 Å². The van der Waals surface area contributed by atoms with Gasteiger partial charge in [0.25, 0.3) is 0 Å². The average molecular weight is 429 g/mol. The van der Waals surface area contributed by atoms with Crippen LogP contribution in [0.4, 0.5) is 10.1 Å². The monoisotopic (exact) mass is 428 g/mol. The highest BCUT2D eigenvalue weighted by Gasteiger charge is 2.38. The molecule has 0 spiro atoms. The van der Waals surface area contributed by atoms with Crippen molar-refractivity contribution in [1.82, 2.24) is 15.1 Å². The number of aryl methyl sites for hydroxylation is 1. The predicted molar refractivity (Wildman–Crippen MR) is 117 cm³/mol. The number of amides is 2. The molecule has 3 aliphatic heterocycles. The van der Waals surface area contributed by atoms with Crippen molar-refractivity contribution >= 4 is 17.5 Å². The Labute approximate surface area is 183 Å². The van der Waals surface area contributed by atoms with Gasteiger partial charge in [0, 0.05) is 61.9 Å². The number of fused-ring (bicyclic) bond motifs is 1. The van der Waals surface area contributed by atoms with Crippen molar-refractivity contribution in [3.8, 4) is 0 Å². The lowest BCUT2D eigenvalue weighted by Crippen LogP contribution is -2.49. The molecule has 1 aromatic carbocycles. The molecule has 31 heavy (non-hydrogen) atoms. The van der Waals surface area contributed by atoms with Crippen LogP contribution >= 0.6 is 0 Å². The van der Waals surface area contributed by atoms with Crippen molar-refractivity contribution in [3.63, 3.8) is 0 Å². The SMILES string of the molecule is Cc1ccc(F)c2c1NC(C(=O)N[C@@H]1CCC[C@H](N3CCC(N4CCCC4=O)C3)C1)C2. The second kappa shape index (κ2) is 8.41. The lowest BCUT2D eigenvalue weighted by molar-refractivity contribution is -0.129. The molecular formula is C24H33FN4O2. The van der Waals surface area contributed by atoms with Crippen LogP contribution in [0.1, 0.15) is 56.1 Å². The number of rotatable bonds is 4. The van der Waals surface area contributed by atoms with Crippen LogP contribution in [0.15, 0.2) is 12.1 Å². The van der Waals surface area contributed by atoms with Gasteiger partial charge in [0.05, 0.1) is 0 Å². The van der Waals surface area contributed by atoms with E-state index in [1.165, 1.54) is 6.07 Å². The van der Waals surface area contributed by atoms with Crippen LogP contribution in [0, 0.1) is 12.7 Å². The average Bonchev–Trinajstić information content (AvgIpc) is 3.50. The third-order valence-electron chi connectivity index (χ3n) is 7.76. The number of nitrogens with zero attached hydrogens (tertiary/aromatic N) is 2. The minimum Gasteiger partial charge on any atom is -0.373 e. The Bertz CT molecular complexity index is 844. The fourth-order valence-electron chi connectivity index (χ4n) is 6.07. The number of hydrogen-bond acceptors (Lipinski definition) is 4. The molecule has 1 aliphatic carbocycles. The second-order valence-electron chi connectivity index (χ2n) is 9.77. The van der Waals surface area contributed by atoms with Crippen LogP contribution in [-0.4, -0.2) is 65.4 Å². The van der Waals surface area contributed by atoms with Gasteiger partial charge in [0.2, 0.25) is 11.8 Å². The zero-order valence-corrected chi connectivity index (χ0v) is 18.3. The first kappa shape index (κ1) is 20.7. The first-order chi connectivity index (χ1) is 15.0. The minimum atomic E-state index is -0.400. The Balaban J connectivity index is 1.15. The Hall–Kier alpha value is -2.15. The molecule has 1 saturated carbocycles. The Kier molecular flexibility index (Phi) is 5.63. The number of hydrogen-bond donors (Lipinski definition) is 2. The van der Waals surface area contributed by atoms with Gasteiger partial charge in [-0.05, 0) is 57.1 Å². The maximum Gasteiger partial charge on any atom is 0.243 e. The van der Waals surface area contributed by atoms with E-state index in [-0.39, 0.29) is 17.8 Å². The molecule has 3 heterocycles. The summed E-state index contributed by atoms with van der Waals surface area (Å²) in [5.41, 5.74) is 2.38. The first-order valence-electron chi connectivity index (χ1n) is 11.9. The maximum absolute atomic E-state index is 14.2. The summed E-state index contributed by atoms with van der Waals surface area (Å²) in [6.45, 7) is 4.86. The molecule has 6 nitrogen and oxygen atoms in total. The van der Waals surface area contributed by atoms with E-state index in [2.05, 4.69) is 20.4 Å². The molecule has 1 aromatic rings. The van der Waals surface area contributed by atoms with Gasteiger partial charge in [-0.15, -0.1) is 0 Å². The Morgan fingerprint density at radius 1 is 1.16 bits per heavy atom. The molecule has 7 heteroatoms. The molecule has 0 aromatic heterocycles. The van der Waals surface area contributed by atoms with Crippen LogP contribution in [0.3, 0.4) is 0 Å². The summed E-state index contributed by atoms with van der Waals surface area (Å²) in [4.78, 5) is 29.7. The second-order valence-corrected chi connectivity index (χ2v) is 9.77. The van der Waals surface area contributed by atoms with Crippen molar-refractivity contribution in [2.75, 3.05) is 25.0 Å². The van der Waals surface area contributed by atoms with E-state index in [0.29, 0.717) is 36.4 Å². The largest absolute Gasteiger partial charge is 0.373 e. The zero-order chi connectivity index (χ0) is 21.5. The normalized spacial score (nSPS) is 31.0. The smallest absolute Gasteiger partial charge is 0.243 e. The molecule has 2 unspecified atom stereocenters. The van der Waals surface area contributed by atoms with Crippen molar-refractivity contribution in [3.05, 3.63) is 29.1 Å². The van der Waals surface area contributed by atoms with Crippen molar-refractivity contribution in [2.24, 2.45) is 0 Å². The molecule has 4 aliphatic rings. The van der Waals surface area contributed by atoms with Gasteiger partial charge in [-0.2, -0.15) is 0 Å². The first-order valence-corrected chi connectivity index (χ1v) is 11.9. The highest BCUT2D eigenvalue weighted by atomic mass is 19.1. The topological polar surface area (TPSA) is 64.7 Å². The fourth-order valence-corrected chi connectivity index (χ4v) is 6.07. The van der Waals surface area contributed by atoms with Gasteiger partial charge in [0.15, 0.2) is 0 Å². The van der Waals surface area contributed by atoms with E-state index in [9.17, 15) is 14.0 Å². The maximum atomic E-state index is 14.2. The van der Waals surface area contributed by atoms with Gasteiger partial charge in [-0.3, -0.25) is 14.5 Å². The third-order valence-corrected chi connectivity index (χ3v) is 7.76. The number of carbonyl (C=O) groups excluding carboxylic acids is 2. The zero-order valence-electron chi connectivity index (χ0n) is 18.3. The van der Waals surface area contributed by atoms with Crippen LogP contribution in [0.2, 0.25) is 0 Å². The van der Waals surface area contributed by atoms with E-state index in [1.54, 1.807) is 6.07 Å². The molecule has 4 atom stereocenters. The molecule has 2 N–H and O–H groups in total. The van der Waals surface area contributed by atoms with E-state index < -0.39 is 6.04 Å². The molecule has 2 amide bonds. The summed E-state index contributed by atoms with van der Waals surface area (Å²) in [7, 11) is 0. The van der Waals surface area contributed by atoms with Crippen molar-refractivity contribution in [2.45, 2.75) is 82.5 Å². The summed E-state index contributed by atoms with van der Waals surface area (Å²) in [6, 6.07) is 3.84. The van der Waals surface area contributed by atoms with Crippen molar-refractivity contribution < 1.29 is 14.0 Å². The molecule has 2 saturated heterocycles. The van der Waals surface area contributed by atoms with Gasteiger partial charge in [-0.1, -0.05) is 6.07 Å². The number of benzene rings is 1. The standard InChI is InChI=1S/C24H33FN4O2/c1-15-7-8-20(25)19-13-21(27-23(15)19)24(31)26-16-4-2-5-17(12-16)28-11-9-18(14-28)29-10-3-6-22(29)30/h7-8,16-18,21,27H,2-6,9-14H2,1H3,(H,26,31)/t16-,17+,18?,21?/m1/s1. The number of anilines is 1. The predicted octanol–water partition coefficient (Wildman–Crippen LogP) is 2.59. The van der Waals surface area contributed by atoms with Gasteiger partial charge in [-0.25, -0.2) is 4.39 Å². The van der Waals surface area contributed by atoms with E-state index in [1.807, 2.05) is 6.92 Å². The molecular weight excluding hydrogens is 395 g/mol. The molecule has 0 radical (unpaired) electrons. The number of likely N-dealkylation sites (tertiary alicyclic amines) is 2. The van der Waals surface area contributed by atoms with Crippen LogP contribution in [-0.2, 0) is 16.0 Å². The number of halogens is 1. The molecule has 0 bridgehead atoms. The lowest BCUT2D eigenvalue weighted by Gasteiger charge is -2.36. The lowest BCUT2D eigenvalue weighted by atomic mass is 9.89. The quantitative estimate of drug-likeness (QED) is 0.774. The van der Waals surface area contributed by atoms with Crippen molar-refractivity contribution in [1.29, 1.82) is 0 Å². The summed E-state index contributed by atoms with van der Waals surface area (Å²) in [5.74, 6) is 0.0566. The van der Waals surface area contributed by atoms with Gasteiger partial charge < -0.3 is 15.5 Å². The fraction of sp³-hybridized carbons (Fsp3) is 0.667.